The van der Waals surface area contributed by atoms with Crippen molar-refractivity contribution in [2.24, 2.45) is 0 Å². The Morgan fingerprint density at radius 1 is 1.00 bits per heavy atom. The van der Waals surface area contributed by atoms with E-state index in [1.165, 1.54) is 4.90 Å². The van der Waals surface area contributed by atoms with E-state index >= 15 is 0 Å². The van der Waals surface area contributed by atoms with Crippen LogP contribution < -0.4 is 9.62 Å². The van der Waals surface area contributed by atoms with Crippen molar-refractivity contribution in [2.75, 3.05) is 17.1 Å². The third-order valence-electron chi connectivity index (χ3n) is 5.26. The Morgan fingerprint density at radius 3 is 2.15 bits per heavy atom. The number of benzene rings is 2. The minimum atomic E-state index is -3.73. The average molecular weight is 474 g/mol. The lowest BCUT2D eigenvalue weighted by atomic mass is 10.1. The summed E-state index contributed by atoms with van der Waals surface area (Å²) in [5.74, 6) is -0.692. The molecule has 0 radical (unpaired) electrons. The van der Waals surface area contributed by atoms with Gasteiger partial charge in [-0.1, -0.05) is 48.9 Å². The van der Waals surface area contributed by atoms with Gasteiger partial charge in [-0.15, -0.1) is 0 Å². The van der Waals surface area contributed by atoms with Crippen LogP contribution in [0.5, 0.6) is 0 Å². The van der Waals surface area contributed by atoms with E-state index in [1.54, 1.807) is 18.2 Å². The molecule has 33 heavy (non-hydrogen) atoms. The van der Waals surface area contributed by atoms with Crippen LogP contribution in [0.3, 0.4) is 0 Å². The standard InChI is InChI=1S/C25H35N3O4S/c1-7-23(25(30)26-18(2)3)27(16-21-13-11-19(4)12-14-21)24(29)17-28(33(6,31)32)22-10-8-9-20(5)15-22/h8-15,18,23H,7,16-17H2,1-6H3,(H,26,30)/t23-/m0/s1. The molecule has 0 heterocycles. The lowest BCUT2D eigenvalue weighted by Gasteiger charge is -2.33. The molecule has 180 valence electrons. The number of aryl methyl sites for hydroxylation is 2. The topological polar surface area (TPSA) is 86.8 Å². The predicted octanol–water partition coefficient (Wildman–Crippen LogP) is 3.40. The third kappa shape index (κ3) is 7.60. The van der Waals surface area contributed by atoms with Crippen LogP contribution in [0, 0.1) is 13.8 Å². The van der Waals surface area contributed by atoms with Gasteiger partial charge in [0.15, 0.2) is 0 Å². The van der Waals surface area contributed by atoms with Gasteiger partial charge >= 0.3 is 0 Å². The van der Waals surface area contributed by atoms with Crippen molar-refractivity contribution >= 4 is 27.5 Å². The molecule has 1 atom stereocenters. The molecule has 7 nitrogen and oxygen atoms in total. The van der Waals surface area contributed by atoms with Gasteiger partial charge < -0.3 is 10.2 Å². The fourth-order valence-corrected chi connectivity index (χ4v) is 4.43. The molecule has 8 heteroatoms. The molecule has 2 rings (SSSR count). The highest BCUT2D eigenvalue weighted by atomic mass is 32.2. The van der Waals surface area contributed by atoms with Crippen LogP contribution in [0.25, 0.3) is 0 Å². The summed E-state index contributed by atoms with van der Waals surface area (Å²) in [6.07, 6.45) is 1.48. The van der Waals surface area contributed by atoms with Crippen LogP contribution in [-0.2, 0) is 26.2 Å². The predicted molar refractivity (Wildman–Crippen MR) is 132 cm³/mol. The number of hydrogen-bond acceptors (Lipinski definition) is 4. The molecule has 1 N–H and O–H groups in total. The zero-order chi connectivity index (χ0) is 24.8. The van der Waals surface area contributed by atoms with Gasteiger partial charge in [0.25, 0.3) is 0 Å². The van der Waals surface area contributed by atoms with Crippen molar-refractivity contribution in [3.05, 3.63) is 65.2 Å². The second-order valence-electron chi connectivity index (χ2n) is 8.70. The first-order valence-electron chi connectivity index (χ1n) is 11.1. The second kappa shape index (κ2) is 11.3. The van der Waals surface area contributed by atoms with Crippen molar-refractivity contribution < 1.29 is 18.0 Å². The van der Waals surface area contributed by atoms with Crippen LogP contribution in [0.15, 0.2) is 48.5 Å². The number of amides is 2. The molecule has 0 aliphatic rings. The normalized spacial score (nSPS) is 12.3. The number of nitrogens with zero attached hydrogens (tertiary/aromatic N) is 2. The molecule has 0 aliphatic carbocycles. The van der Waals surface area contributed by atoms with E-state index in [1.807, 2.05) is 65.0 Å². The highest BCUT2D eigenvalue weighted by Crippen LogP contribution is 2.21. The SMILES string of the molecule is CC[C@@H](C(=O)NC(C)C)N(Cc1ccc(C)cc1)C(=O)CN(c1cccc(C)c1)S(C)(=O)=O. The Labute approximate surface area is 197 Å². The van der Waals surface area contributed by atoms with Crippen molar-refractivity contribution in [3.63, 3.8) is 0 Å². The molecule has 0 aliphatic heterocycles. The van der Waals surface area contributed by atoms with E-state index in [-0.39, 0.29) is 25.0 Å². The third-order valence-corrected chi connectivity index (χ3v) is 6.40. The highest BCUT2D eigenvalue weighted by molar-refractivity contribution is 7.92. The van der Waals surface area contributed by atoms with Gasteiger partial charge in [0, 0.05) is 12.6 Å². The van der Waals surface area contributed by atoms with Crippen LogP contribution in [0.1, 0.15) is 43.9 Å². The van der Waals surface area contributed by atoms with Crippen LogP contribution in [0.4, 0.5) is 5.69 Å². The number of rotatable bonds is 10. The molecule has 0 spiro atoms. The highest BCUT2D eigenvalue weighted by Gasteiger charge is 2.31. The molecule has 0 unspecified atom stereocenters. The van der Waals surface area contributed by atoms with Gasteiger partial charge in [0.1, 0.15) is 12.6 Å². The molecular formula is C25H35N3O4S. The van der Waals surface area contributed by atoms with Gasteiger partial charge in [-0.2, -0.15) is 0 Å². The van der Waals surface area contributed by atoms with Crippen molar-refractivity contribution in [2.45, 2.75) is 59.7 Å². The summed E-state index contributed by atoms with van der Waals surface area (Å²) in [7, 11) is -3.73. The molecule has 2 aromatic carbocycles. The first kappa shape index (κ1) is 26.4. The Bertz CT molecular complexity index is 1070. The molecule has 2 aromatic rings. The first-order valence-corrected chi connectivity index (χ1v) is 13.0. The molecular weight excluding hydrogens is 438 g/mol. The van der Waals surface area contributed by atoms with Gasteiger partial charge in [0.2, 0.25) is 21.8 Å². The molecule has 2 amide bonds. The lowest BCUT2D eigenvalue weighted by Crippen LogP contribution is -2.53. The Kier molecular flexibility index (Phi) is 9.05. The van der Waals surface area contributed by atoms with Gasteiger partial charge in [-0.3, -0.25) is 13.9 Å². The number of hydrogen-bond donors (Lipinski definition) is 1. The summed E-state index contributed by atoms with van der Waals surface area (Å²) in [6, 6.07) is 13.9. The molecule has 0 saturated carbocycles. The number of sulfonamides is 1. The van der Waals surface area contributed by atoms with Crippen molar-refractivity contribution in [3.8, 4) is 0 Å². The summed E-state index contributed by atoms with van der Waals surface area (Å²) < 4.78 is 26.3. The van der Waals surface area contributed by atoms with E-state index in [2.05, 4.69) is 5.32 Å². The Morgan fingerprint density at radius 2 is 1.64 bits per heavy atom. The largest absolute Gasteiger partial charge is 0.352 e. The second-order valence-corrected chi connectivity index (χ2v) is 10.6. The van der Waals surface area contributed by atoms with Gasteiger partial charge in [0.05, 0.1) is 11.9 Å². The number of anilines is 1. The number of carbonyl (C=O) groups excluding carboxylic acids is 2. The van der Waals surface area contributed by atoms with Crippen molar-refractivity contribution in [1.29, 1.82) is 0 Å². The molecule has 0 saturated heterocycles. The molecule has 0 aromatic heterocycles. The van der Waals surface area contributed by atoms with Crippen molar-refractivity contribution in [1.82, 2.24) is 10.2 Å². The Hall–Kier alpha value is -2.87. The van der Waals surface area contributed by atoms with E-state index in [0.29, 0.717) is 12.1 Å². The quantitative estimate of drug-likeness (QED) is 0.573. The minimum Gasteiger partial charge on any atom is -0.352 e. The molecule has 0 fully saturated rings. The number of nitrogens with one attached hydrogen (secondary N) is 1. The fourth-order valence-electron chi connectivity index (χ4n) is 3.59. The monoisotopic (exact) mass is 473 g/mol. The van der Waals surface area contributed by atoms with Gasteiger partial charge in [-0.25, -0.2) is 8.42 Å². The maximum Gasteiger partial charge on any atom is 0.244 e. The summed E-state index contributed by atoms with van der Waals surface area (Å²) >= 11 is 0. The zero-order valence-corrected chi connectivity index (χ0v) is 21.1. The van der Waals surface area contributed by atoms with Crippen LogP contribution in [0.2, 0.25) is 0 Å². The summed E-state index contributed by atoms with van der Waals surface area (Å²) in [6.45, 7) is 9.21. The average Bonchev–Trinajstić information content (AvgIpc) is 2.71. The summed E-state index contributed by atoms with van der Waals surface area (Å²) in [5.41, 5.74) is 3.25. The van der Waals surface area contributed by atoms with Gasteiger partial charge in [-0.05, 0) is 57.4 Å². The van der Waals surface area contributed by atoms with E-state index in [4.69, 9.17) is 0 Å². The Balaban J connectivity index is 2.43. The zero-order valence-electron chi connectivity index (χ0n) is 20.3. The van der Waals surface area contributed by atoms with Crippen LogP contribution in [-0.4, -0.2) is 50.0 Å². The fraction of sp³-hybridized carbons (Fsp3) is 0.440. The minimum absolute atomic E-state index is 0.0808. The number of carbonyl (C=O) groups is 2. The maximum absolute atomic E-state index is 13.6. The molecule has 0 bridgehead atoms. The van der Waals surface area contributed by atoms with Crippen LogP contribution >= 0.6 is 0 Å². The summed E-state index contributed by atoms with van der Waals surface area (Å²) in [4.78, 5) is 28.0. The first-order chi connectivity index (χ1) is 15.4. The van der Waals surface area contributed by atoms with E-state index < -0.39 is 22.0 Å². The summed E-state index contributed by atoms with van der Waals surface area (Å²) in [5, 5.41) is 2.88. The van der Waals surface area contributed by atoms with E-state index in [0.717, 1.165) is 27.3 Å². The maximum atomic E-state index is 13.6. The van der Waals surface area contributed by atoms with E-state index in [9.17, 15) is 18.0 Å². The smallest absolute Gasteiger partial charge is 0.244 e. The lowest BCUT2D eigenvalue weighted by molar-refractivity contribution is -0.140.